The van der Waals surface area contributed by atoms with Crippen molar-refractivity contribution in [3.05, 3.63) is 53.5 Å². The van der Waals surface area contributed by atoms with E-state index >= 15 is 0 Å². The van der Waals surface area contributed by atoms with E-state index in [4.69, 9.17) is 4.42 Å². The fraction of sp³-hybridized carbons (Fsp3) is 0.250. The Bertz CT molecular complexity index is 695. The molecule has 2 aromatic rings. The number of carbonyl (C=O) groups excluding carboxylic acids is 2. The lowest BCUT2D eigenvalue weighted by Gasteiger charge is -2.15. The number of hydrogen-bond donors (Lipinski definition) is 3. The van der Waals surface area contributed by atoms with E-state index in [1.165, 1.54) is 0 Å². The maximum atomic E-state index is 11.9. The van der Waals surface area contributed by atoms with Crippen LogP contribution in [0.1, 0.15) is 29.9 Å². The third kappa shape index (κ3) is 3.11. The first-order chi connectivity index (χ1) is 10.6. The van der Waals surface area contributed by atoms with Crippen molar-refractivity contribution in [2.24, 2.45) is 0 Å². The Labute approximate surface area is 127 Å². The van der Waals surface area contributed by atoms with Gasteiger partial charge in [-0.3, -0.25) is 4.79 Å². The van der Waals surface area contributed by atoms with Gasteiger partial charge < -0.3 is 20.4 Å². The maximum Gasteiger partial charge on any atom is 0.315 e. The molecule has 1 aliphatic rings. The number of anilines is 1. The summed E-state index contributed by atoms with van der Waals surface area (Å²) in [5.74, 6) is 0.703. The molecule has 6 nitrogen and oxygen atoms in total. The van der Waals surface area contributed by atoms with Crippen LogP contribution >= 0.6 is 0 Å². The summed E-state index contributed by atoms with van der Waals surface area (Å²) in [6.45, 7) is 2.24. The van der Waals surface area contributed by atoms with Crippen molar-refractivity contribution in [2.45, 2.75) is 25.9 Å². The maximum absolute atomic E-state index is 11.9. The van der Waals surface area contributed by atoms with E-state index in [2.05, 4.69) is 16.0 Å². The van der Waals surface area contributed by atoms with Gasteiger partial charge in [-0.05, 0) is 36.2 Å². The van der Waals surface area contributed by atoms with E-state index < -0.39 is 0 Å². The average Bonchev–Trinajstić information content (AvgIpc) is 3.12. The summed E-state index contributed by atoms with van der Waals surface area (Å²) in [6.07, 6.45) is 1.96. The topological polar surface area (TPSA) is 83.4 Å². The van der Waals surface area contributed by atoms with Crippen molar-refractivity contribution in [1.29, 1.82) is 0 Å². The Morgan fingerprint density at radius 3 is 3.05 bits per heavy atom. The van der Waals surface area contributed by atoms with Gasteiger partial charge in [0.15, 0.2) is 0 Å². The molecule has 2 heterocycles. The molecule has 0 unspecified atom stereocenters. The third-order valence-corrected chi connectivity index (χ3v) is 3.61. The summed E-state index contributed by atoms with van der Waals surface area (Å²) in [4.78, 5) is 23.2. The molecule has 0 radical (unpaired) electrons. The number of carbonyl (C=O) groups is 2. The van der Waals surface area contributed by atoms with Crippen molar-refractivity contribution in [3.63, 3.8) is 0 Å². The first-order valence-corrected chi connectivity index (χ1v) is 7.11. The Balaban J connectivity index is 1.57. The molecule has 1 aromatic carbocycles. The van der Waals surface area contributed by atoms with Crippen LogP contribution in [0.25, 0.3) is 0 Å². The zero-order valence-electron chi connectivity index (χ0n) is 12.2. The van der Waals surface area contributed by atoms with Crippen LogP contribution in [0.3, 0.4) is 0 Å². The Hall–Kier alpha value is -2.76. The highest BCUT2D eigenvalue weighted by Gasteiger charge is 2.19. The van der Waals surface area contributed by atoms with Crippen molar-refractivity contribution in [2.75, 3.05) is 5.32 Å². The van der Waals surface area contributed by atoms with Crippen LogP contribution in [0.4, 0.5) is 10.5 Å². The fourth-order valence-corrected chi connectivity index (χ4v) is 2.43. The molecule has 1 atom stereocenters. The van der Waals surface area contributed by atoms with Crippen molar-refractivity contribution in [3.8, 4) is 0 Å². The number of nitrogens with one attached hydrogen (secondary N) is 3. The minimum atomic E-state index is -0.265. The first-order valence-electron chi connectivity index (χ1n) is 7.11. The van der Waals surface area contributed by atoms with E-state index in [9.17, 15) is 9.59 Å². The molecule has 0 fully saturated rings. The van der Waals surface area contributed by atoms with Crippen LogP contribution in [-0.4, -0.2) is 11.9 Å². The Kier molecular flexibility index (Phi) is 3.82. The second-order valence-electron chi connectivity index (χ2n) is 5.27. The van der Waals surface area contributed by atoms with Crippen LogP contribution in [-0.2, 0) is 17.8 Å². The minimum Gasteiger partial charge on any atom is -0.467 e. The van der Waals surface area contributed by atoms with Crippen LogP contribution in [0.5, 0.6) is 0 Å². The molecule has 3 N–H and O–H groups in total. The molecule has 22 heavy (non-hydrogen) atoms. The van der Waals surface area contributed by atoms with Gasteiger partial charge in [0.05, 0.1) is 25.3 Å². The predicted octanol–water partition coefficient (Wildman–Crippen LogP) is 2.33. The third-order valence-electron chi connectivity index (χ3n) is 3.61. The zero-order chi connectivity index (χ0) is 15.5. The fourth-order valence-electron chi connectivity index (χ4n) is 2.43. The molecule has 114 valence electrons. The van der Waals surface area contributed by atoms with E-state index in [0.717, 1.165) is 16.8 Å². The van der Waals surface area contributed by atoms with Crippen molar-refractivity contribution >= 4 is 17.6 Å². The molecule has 0 aliphatic carbocycles. The summed E-state index contributed by atoms with van der Waals surface area (Å²) in [5.41, 5.74) is 2.78. The Morgan fingerprint density at radius 1 is 1.41 bits per heavy atom. The Morgan fingerprint density at radius 2 is 2.27 bits per heavy atom. The van der Waals surface area contributed by atoms with E-state index in [0.29, 0.717) is 18.7 Å². The molecule has 1 aliphatic heterocycles. The lowest BCUT2D eigenvalue weighted by Crippen LogP contribution is -2.36. The van der Waals surface area contributed by atoms with Crippen molar-refractivity contribution < 1.29 is 14.0 Å². The molecular formula is C16H17N3O3. The monoisotopic (exact) mass is 299 g/mol. The number of furan rings is 1. The highest BCUT2D eigenvalue weighted by molar-refractivity contribution is 5.99. The van der Waals surface area contributed by atoms with Gasteiger partial charge in [0, 0.05) is 5.69 Å². The van der Waals surface area contributed by atoms with Gasteiger partial charge in [0.1, 0.15) is 5.76 Å². The highest BCUT2D eigenvalue weighted by Crippen LogP contribution is 2.26. The largest absolute Gasteiger partial charge is 0.467 e. The number of hydrogen-bond acceptors (Lipinski definition) is 3. The van der Waals surface area contributed by atoms with Gasteiger partial charge >= 0.3 is 6.03 Å². The standard InChI is InChI=1S/C16H17N3O3/c1-10(18-16(21)17-9-13-3-2-6-22-13)11-4-5-14-12(7-11)8-15(20)19-14/h2-7,10H,8-9H2,1H3,(H,19,20)(H2,17,18,21)/t10-/m0/s1. The predicted molar refractivity (Wildman–Crippen MR) is 81.3 cm³/mol. The summed E-state index contributed by atoms with van der Waals surface area (Å²) in [7, 11) is 0. The summed E-state index contributed by atoms with van der Waals surface area (Å²) in [5, 5.41) is 8.39. The van der Waals surface area contributed by atoms with Gasteiger partial charge in [-0.25, -0.2) is 4.79 Å². The summed E-state index contributed by atoms with van der Waals surface area (Å²) >= 11 is 0. The molecule has 0 saturated carbocycles. The van der Waals surface area contributed by atoms with Crippen molar-refractivity contribution in [1.82, 2.24) is 10.6 Å². The quantitative estimate of drug-likeness (QED) is 0.810. The first kappa shape index (κ1) is 14.2. The van der Waals surface area contributed by atoms with Crippen LogP contribution < -0.4 is 16.0 Å². The molecule has 6 heteroatoms. The number of benzene rings is 1. The number of rotatable bonds is 4. The lowest BCUT2D eigenvalue weighted by atomic mass is 10.0. The van der Waals surface area contributed by atoms with Crippen LogP contribution in [0.2, 0.25) is 0 Å². The molecule has 0 spiro atoms. The molecule has 3 rings (SSSR count). The zero-order valence-corrected chi connectivity index (χ0v) is 12.2. The van der Waals surface area contributed by atoms with Gasteiger partial charge in [-0.1, -0.05) is 12.1 Å². The number of urea groups is 1. The van der Waals surface area contributed by atoms with Gasteiger partial charge in [0.25, 0.3) is 0 Å². The van der Waals surface area contributed by atoms with Crippen LogP contribution in [0, 0.1) is 0 Å². The van der Waals surface area contributed by atoms with Gasteiger partial charge in [-0.2, -0.15) is 0 Å². The molecule has 0 bridgehead atoms. The summed E-state index contributed by atoms with van der Waals surface area (Å²) in [6, 6.07) is 8.88. The molecule has 0 saturated heterocycles. The average molecular weight is 299 g/mol. The van der Waals surface area contributed by atoms with Crippen LogP contribution in [0.15, 0.2) is 41.0 Å². The second kappa shape index (κ2) is 5.93. The normalized spacial score (nSPS) is 14.1. The number of fused-ring (bicyclic) bond motifs is 1. The highest BCUT2D eigenvalue weighted by atomic mass is 16.3. The number of amides is 3. The lowest BCUT2D eigenvalue weighted by molar-refractivity contribution is -0.115. The van der Waals surface area contributed by atoms with E-state index in [1.54, 1.807) is 18.4 Å². The molecular weight excluding hydrogens is 282 g/mol. The van der Waals surface area contributed by atoms with E-state index in [-0.39, 0.29) is 18.0 Å². The SMILES string of the molecule is C[C@H](NC(=O)NCc1ccco1)c1ccc2c(c1)CC(=O)N2. The second-order valence-corrected chi connectivity index (χ2v) is 5.27. The smallest absolute Gasteiger partial charge is 0.315 e. The molecule has 1 aromatic heterocycles. The minimum absolute atomic E-state index is 0.00366. The summed E-state index contributed by atoms with van der Waals surface area (Å²) < 4.78 is 5.15. The van der Waals surface area contributed by atoms with Gasteiger partial charge in [0.2, 0.25) is 5.91 Å². The molecule has 3 amide bonds. The van der Waals surface area contributed by atoms with Gasteiger partial charge in [-0.15, -0.1) is 0 Å². The van der Waals surface area contributed by atoms with E-state index in [1.807, 2.05) is 25.1 Å².